The fourth-order valence-corrected chi connectivity index (χ4v) is 4.65. The normalized spacial score (nSPS) is 13.3. The molecule has 1 rings (SSSR count). The fourth-order valence-electron chi connectivity index (χ4n) is 4.18. The highest BCUT2D eigenvalue weighted by Gasteiger charge is 2.37. The van der Waals surface area contributed by atoms with E-state index < -0.39 is 29.3 Å². The number of hydrogen-bond acceptors (Lipinski definition) is 6. The van der Waals surface area contributed by atoms with Gasteiger partial charge in [-0.3, -0.25) is 9.59 Å². The van der Waals surface area contributed by atoms with Crippen LogP contribution < -0.4 is 10.6 Å². The van der Waals surface area contributed by atoms with Gasteiger partial charge in [-0.25, -0.2) is 4.79 Å². The molecule has 0 radical (unpaired) electrons. The van der Waals surface area contributed by atoms with Crippen molar-refractivity contribution in [1.29, 1.82) is 0 Å². The lowest BCUT2D eigenvalue weighted by molar-refractivity contribution is -0.143. The van der Waals surface area contributed by atoms with Crippen LogP contribution in [-0.2, 0) is 14.3 Å². The number of carbonyl (C=O) groups excluding carboxylic acids is 3. The average molecular weight is 566 g/mol. The number of alkyl carbamates (subject to hydrolysis) is 1. The van der Waals surface area contributed by atoms with E-state index in [0.717, 1.165) is 32.1 Å². The second kappa shape index (κ2) is 16.6. The second-order valence-corrected chi connectivity index (χ2v) is 13.0. The Labute approximate surface area is 240 Å². The maximum Gasteiger partial charge on any atom is 0.408 e. The fraction of sp³-hybridized carbons (Fsp3) is 0.700. The van der Waals surface area contributed by atoms with Crippen molar-refractivity contribution in [3.63, 3.8) is 0 Å². The van der Waals surface area contributed by atoms with Crippen LogP contribution in [-0.4, -0.2) is 63.6 Å². The van der Waals surface area contributed by atoms with Gasteiger partial charge in [0.1, 0.15) is 23.4 Å². The van der Waals surface area contributed by atoms with Crippen LogP contribution in [0.25, 0.3) is 0 Å². The third-order valence-electron chi connectivity index (χ3n) is 5.88. The predicted molar refractivity (Wildman–Crippen MR) is 160 cm³/mol. The summed E-state index contributed by atoms with van der Waals surface area (Å²) in [6.07, 6.45) is 7.78. The molecule has 0 aliphatic carbocycles. The molecule has 2 atom stereocenters. The standard InChI is InChI=1S/C30H51N3O5S/c1-9-10-11-12-13-14-19-33(27(36)24(18-20-39-8)31-28(37)38-30(5,6)7)25(26(35)32-29(2,3)4)22-16-15-17-23(34)21-22/h15-17,21,24-25,34H,9-14,18-20H2,1-8H3,(H,31,37)(H,32,35). The minimum absolute atomic E-state index is 0.0128. The van der Waals surface area contributed by atoms with Crippen molar-refractivity contribution in [3.05, 3.63) is 29.8 Å². The smallest absolute Gasteiger partial charge is 0.408 e. The molecule has 9 heteroatoms. The Bertz CT molecular complexity index is 911. The Balaban J connectivity index is 3.45. The lowest BCUT2D eigenvalue weighted by Gasteiger charge is -2.36. The summed E-state index contributed by atoms with van der Waals surface area (Å²) in [5.74, 6) is -0.0322. The zero-order valence-electron chi connectivity index (χ0n) is 25.3. The summed E-state index contributed by atoms with van der Waals surface area (Å²) >= 11 is 1.57. The van der Waals surface area contributed by atoms with Gasteiger partial charge < -0.3 is 25.4 Å². The maximum atomic E-state index is 14.2. The van der Waals surface area contributed by atoms with Gasteiger partial charge in [-0.15, -0.1) is 0 Å². The molecule has 8 nitrogen and oxygen atoms in total. The SMILES string of the molecule is CCCCCCCCN(C(=O)C(CCSC)NC(=O)OC(C)(C)C)C(C(=O)NC(C)(C)C)c1cccc(O)c1. The van der Waals surface area contributed by atoms with Gasteiger partial charge >= 0.3 is 6.09 Å². The van der Waals surface area contributed by atoms with Crippen LogP contribution in [0.5, 0.6) is 5.75 Å². The molecule has 222 valence electrons. The lowest BCUT2D eigenvalue weighted by atomic mass is 9.99. The molecule has 0 bridgehead atoms. The van der Waals surface area contributed by atoms with Gasteiger partial charge in [0.15, 0.2) is 0 Å². The van der Waals surface area contributed by atoms with Crippen LogP contribution in [0.1, 0.15) is 105 Å². The number of aromatic hydroxyl groups is 1. The largest absolute Gasteiger partial charge is 0.508 e. The molecular formula is C30H51N3O5S. The first kappa shape index (κ1) is 34.6. The van der Waals surface area contributed by atoms with Crippen molar-refractivity contribution in [2.45, 2.75) is 117 Å². The van der Waals surface area contributed by atoms with Crippen LogP contribution in [0.2, 0.25) is 0 Å². The minimum atomic E-state index is -0.975. The molecule has 2 unspecified atom stereocenters. The Kier molecular flexibility index (Phi) is 14.8. The number of ether oxygens (including phenoxy) is 1. The molecule has 0 aliphatic heterocycles. The van der Waals surface area contributed by atoms with E-state index in [1.807, 2.05) is 27.0 Å². The highest BCUT2D eigenvalue weighted by molar-refractivity contribution is 7.98. The Morgan fingerprint density at radius 1 is 1.03 bits per heavy atom. The summed E-state index contributed by atoms with van der Waals surface area (Å²) in [6, 6.07) is 4.62. The van der Waals surface area contributed by atoms with Crippen molar-refractivity contribution in [2.75, 3.05) is 18.6 Å². The van der Waals surface area contributed by atoms with E-state index in [2.05, 4.69) is 17.6 Å². The zero-order valence-corrected chi connectivity index (χ0v) is 26.1. The summed E-state index contributed by atoms with van der Waals surface area (Å²) in [6.45, 7) is 13.5. The molecule has 0 heterocycles. The minimum Gasteiger partial charge on any atom is -0.508 e. The summed E-state index contributed by atoms with van der Waals surface area (Å²) < 4.78 is 5.45. The van der Waals surface area contributed by atoms with Crippen molar-refractivity contribution in [3.8, 4) is 5.75 Å². The number of thioether (sulfide) groups is 1. The van der Waals surface area contributed by atoms with E-state index in [0.29, 0.717) is 24.3 Å². The summed E-state index contributed by atoms with van der Waals surface area (Å²) in [7, 11) is 0. The summed E-state index contributed by atoms with van der Waals surface area (Å²) in [5.41, 5.74) is -0.739. The molecular weight excluding hydrogens is 514 g/mol. The molecule has 0 aliphatic rings. The highest BCUT2D eigenvalue weighted by Crippen LogP contribution is 2.27. The van der Waals surface area contributed by atoms with Gasteiger partial charge in [0.2, 0.25) is 11.8 Å². The lowest BCUT2D eigenvalue weighted by Crippen LogP contribution is -2.55. The molecule has 0 saturated carbocycles. The van der Waals surface area contributed by atoms with Gasteiger partial charge in [0.05, 0.1) is 0 Å². The van der Waals surface area contributed by atoms with Gasteiger partial charge in [-0.05, 0) is 84.1 Å². The van der Waals surface area contributed by atoms with E-state index in [1.54, 1.807) is 49.6 Å². The number of nitrogens with one attached hydrogen (secondary N) is 2. The summed E-state index contributed by atoms with van der Waals surface area (Å²) in [5, 5.41) is 16.0. The average Bonchev–Trinajstić information content (AvgIpc) is 2.80. The van der Waals surface area contributed by atoms with Crippen LogP contribution in [0.15, 0.2) is 24.3 Å². The molecule has 1 aromatic rings. The number of phenols is 1. The number of benzene rings is 1. The Hall–Kier alpha value is -2.42. The first-order chi connectivity index (χ1) is 18.2. The molecule has 0 saturated heterocycles. The summed E-state index contributed by atoms with van der Waals surface area (Å²) in [4.78, 5) is 42.2. The number of unbranched alkanes of at least 4 members (excludes halogenated alkanes) is 5. The monoisotopic (exact) mass is 565 g/mol. The number of nitrogens with zero attached hydrogens (tertiary/aromatic N) is 1. The van der Waals surface area contributed by atoms with Crippen molar-refractivity contribution >= 4 is 29.7 Å². The van der Waals surface area contributed by atoms with Crippen molar-refractivity contribution in [2.24, 2.45) is 0 Å². The second-order valence-electron chi connectivity index (χ2n) is 12.0. The molecule has 0 spiro atoms. The van der Waals surface area contributed by atoms with Gasteiger partial charge in [-0.1, -0.05) is 51.2 Å². The van der Waals surface area contributed by atoms with E-state index >= 15 is 0 Å². The van der Waals surface area contributed by atoms with E-state index in [4.69, 9.17) is 4.74 Å². The van der Waals surface area contributed by atoms with Gasteiger partial charge in [-0.2, -0.15) is 11.8 Å². The third-order valence-corrected chi connectivity index (χ3v) is 6.52. The molecule has 3 N–H and O–H groups in total. The number of carbonyl (C=O) groups is 3. The maximum absolute atomic E-state index is 14.2. The van der Waals surface area contributed by atoms with Crippen LogP contribution in [0.4, 0.5) is 4.79 Å². The molecule has 0 aromatic heterocycles. The third kappa shape index (κ3) is 14.0. The zero-order chi connectivity index (χ0) is 29.6. The van der Waals surface area contributed by atoms with Crippen LogP contribution in [0.3, 0.4) is 0 Å². The number of hydrogen-bond donors (Lipinski definition) is 3. The highest BCUT2D eigenvalue weighted by atomic mass is 32.2. The molecule has 39 heavy (non-hydrogen) atoms. The molecule has 0 fully saturated rings. The molecule has 3 amide bonds. The Morgan fingerprint density at radius 2 is 1.67 bits per heavy atom. The van der Waals surface area contributed by atoms with E-state index in [1.165, 1.54) is 18.6 Å². The van der Waals surface area contributed by atoms with Crippen molar-refractivity contribution < 1.29 is 24.2 Å². The number of phenolic OH excluding ortho intramolecular Hbond substituents is 1. The quantitative estimate of drug-likeness (QED) is 0.219. The first-order valence-electron chi connectivity index (χ1n) is 14.1. The Morgan fingerprint density at radius 3 is 2.23 bits per heavy atom. The van der Waals surface area contributed by atoms with Gasteiger partial charge in [0, 0.05) is 12.1 Å². The van der Waals surface area contributed by atoms with Crippen LogP contribution >= 0.6 is 11.8 Å². The van der Waals surface area contributed by atoms with Crippen LogP contribution in [0, 0.1) is 0 Å². The molecule has 1 aromatic carbocycles. The number of rotatable bonds is 15. The van der Waals surface area contributed by atoms with Gasteiger partial charge in [0.25, 0.3) is 0 Å². The van der Waals surface area contributed by atoms with E-state index in [-0.39, 0.29) is 17.6 Å². The number of amides is 3. The topological polar surface area (TPSA) is 108 Å². The van der Waals surface area contributed by atoms with Crippen molar-refractivity contribution in [1.82, 2.24) is 15.5 Å². The van der Waals surface area contributed by atoms with E-state index in [9.17, 15) is 19.5 Å². The first-order valence-corrected chi connectivity index (χ1v) is 15.5. The predicted octanol–water partition coefficient (Wildman–Crippen LogP) is 6.18.